The van der Waals surface area contributed by atoms with Crippen LogP contribution in [0.4, 0.5) is 24.5 Å². The Morgan fingerprint density at radius 1 is 1.16 bits per heavy atom. The number of nitrogens with zero attached hydrogens (tertiary/aromatic N) is 2. The summed E-state index contributed by atoms with van der Waals surface area (Å²) in [6.07, 6.45) is -3.56. The minimum absolute atomic E-state index is 0.0831. The van der Waals surface area contributed by atoms with E-state index >= 15 is 0 Å². The Morgan fingerprint density at radius 3 is 2.56 bits per heavy atom. The average Bonchev–Trinajstić information content (AvgIpc) is 2.59. The molecule has 0 radical (unpaired) electrons. The van der Waals surface area contributed by atoms with Gasteiger partial charge in [-0.3, -0.25) is 14.9 Å². The van der Waals surface area contributed by atoms with Gasteiger partial charge in [-0.1, -0.05) is 12.1 Å². The number of halogens is 3. The molecule has 5 nitrogen and oxygen atoms in total. The van der Waals surface area contributed by atoms with Crippen LogP contribution in [0.15, 0.2) is 42.5 Å². The maximum absolute atomic E-state index is 12.9. The summed E-state index contributed by atoms with van der Waals surface area (Å²) < 4.78 is 38.6. The molecule has 1 heterocycles. The minimum atomic E-state index is -4.46. The standard InChI is InChI=1S/C17H13F3N2O3/c18-17(19,20)12-7-8-14-11(10-12)4-3-9-21(14)16(23)13-5-1-2-6-15(13)22(24)25/h1-2,5-8,10H,3-4,9H2. The number of nitro groups is 1. The van der Waals surface area contributed by atoms with E-state index in [4.69, 9.17) is 0 Å². The number of para-hydroxylation sites is 1. The first-order chi connectivity index (χ1) is 11.8. The molecule has 1 aliphatic heterocycles. The number of alkyl halides is 3. The van der Waals surface area contributed by atoms with Gasteiger partial charge in [-0.25, -0.2) is 0 Å². The highest BCUT2D eigenvalue weighted by Gasteiger charge is 2.33. The zero-order valence-electron chi connectivity index (χ0n) is 12.9. The van der Waals surface area contributed by atoms with Crippen molar-refractivity contribution in [2.45, 2.75) is 19.0 Å². The first-order valence-electron chi connectivity index (χ1n) is 7.54. The van der Waals surface area contributed by atoms with Crippen molar-refractivity contribution in [1.82, 2.24) is 0 Å². The number of anilines is 1. The molecule has 0 spiro atoms. The molecule has 3 rings (SSSR count). The topological polar surface area (TPSA) is 63.4 Å². The van der Waals surface area contributed by atoms with Crippen molar-refractivity contribution in [2.24, 2.45) is 0 Å². The van der Waals surface area contributed by atoms with Gasteiger partial charge in [-0.15, -0.1) is 0 Å². The quantitative estimate of drug-likeness (QED) is 0.602. The van der Waals surface area contributed by atoms with E-state index in [0.29, 0.717) is 30.6 Å². The van der Waals surface area contributed by atoms with Crippen molar-refractivity contribution in [1.29, 1.82) is 0 Å². The summed E-state index contributed by atoms with van der Waals surface area (Å²) >= 11 is 0. The molecular weight excluding hydrogens is 337 g/mol. The van der Waals surface area contributed by atoms with E-state index in [-0.39, 0.29) is 11.3 Å². The predicted molar refractivity (Wildman–Crippen MR) is 84.5 cm³/mol. The molecule has 0 bridgehead atoms. The molecule has 0 atom stereocenters. The Kier molecular flexibility index (Phi) is 4.20. The Hall–Kier alpha value is -2.90. The Labute approximate surface area is 140 Å². The SMILES string of the molecule is O=C(c1ccccc1[N+](=O)[O-])N1CCCc2cc(C(F)(F)F)ccc21. The van der Waals surface area contributed by atoms with Crippen LogP contribution in [-0.4, -0.2) is 17.4 Å². The van der Waals surface area contributed by atoms with E-state index in [9.17, 15) is 28.1 Å². The number of nitro benzene ring substituents is 1. The molecule has 2 aromatic rings. The van der Waals surface area contributed by atoms with Gasteiger partial charge >= 0.3 is 6.18 Å². The van der Waals surface area contributed by atoms with Crippen LogP contribution in [-0.2, 0) is 12.6 Å². The molecule has 1 aliphatic rings. The van der Waals surface area contributed by atoms with Crippen molar-refractivity contribution in [3.05, 3.63) is 69.3 Å². The third kappa shape index (κ3) is 3.19. The summed E-state index contributed by atoms with van der Waals surface area (Å²) in [5.74, 6) is -0.590. The van der Waals surface area contributed by atoms with Crippen LogP contribution in [0.3, 0.4) is 0 Å². The molecule has 8 heteroatoms. The summed E-state index contributed by atoms with van der Waals surface area (Å²) in [6.45, 7) is 0.295. The van der Waals surface area contributed by atoms with E-state index in [0.717, 1.165) is 12.1 Å². The fourth-order valence-corrected chi connectivity index (χ4v) is 2.94. The summed E-state index contributed by atoms with van der Waals surface area (Å²) in [5, 5.41) is 11.1. The summed E-state index contributed by atoms with van der Waals surface area (Å²) in [6, 6.07) is 8.75. The number of carbonyl (C=O) groups is 1. The molecule has 0 unspecified atom stereocenters. The van der Waals surface area contributed by atoms with Crippen molar-refractivity contribution < 1.29 is 22.9 Å². The monoisotopic (exact) mass is 350 g/mol. The lowest BCUT2D eigenvalue weighted by Crippen LogP contribution is -2.36. The third-order valence-electron chi connectivity index (χ3n) is 4.10. The second kappa shape index (κ2) is 6.19. The molecule has 0 saturated carbocycles. The molecule has 0 saturated heterocycles. The zero-order chi connectivity index (χ0) is 18.2. The van der Waals surface area contributed by atoms with E-state index in [1.807, 2.05) is 0 Å². The largest absolute Gasteiger partial charge is 0.416 e. The minimum Gasteiger partial charge on any atom is -0.308 e. The van der Waals surface area contributed by atoms with Crippen LogP contribution in [0.25, 0.3) is 0 Å². The number of benzene rings is 2. The van der Waals surface area contributed by atoms with Gasteiger partial charge in [0.15, 0.2) is 0 Å². The highest BCUT2D eigenvalue weighted by Crippen LogP contribution is 2.36. The second-order valence-electron chi connectivity index (χ2n) is 5.68. The van der Waals surface area contributed by atoms with E-state index < -0.39 is 22.6 Å². The highest BCUT2D eigenvalue weighted by atomic mass is 19.4. The summed E-state index contributed by atoms with van der Waals surface area (Å²) in [5.41, 5.74) is -0.409. The molecule has 0 N–H and O–H groups in total. The van der Waals surface area contributed by atoms with Gasteiger partial charge in [-0.05, 0) is 42.7 Å². The number of fused-ring (bicyclic) bond motifs is 1. The third-order valence-corrected chi connectivity index (χ3v) is 4.10. The molecule has 130 valence electrons. The van der Waals surface area contributed by atoms with Crippen LogP contribution in [0.1, 0.15) is 27.9 Å². The number of hydrogen-bond acceptors (Lipinski definition) is 3. The van der Waals surface area contributed by atoms with Crippen molar-refractivity contribution in [2.75, 3.05) is 11.4 Å². The summed E-state index contributed by atoms with van der Waals surface area (Å²) in [4.78, 5) is 24.5. The van der Waals surface area contributed by atoms with Crippen molar-refractivity contribution >= 4 is 17.3 Å². The number of hydrogen-bond donors (Lipinski definition) is 0. The van der Waals surface area contributed by atoms with Gasteiger partial charge in [0.25, 0.3) is 11.6 Å². The number of aryl methyl sites for hydroxylation is 1. The Balaban J connectivity index is 2.01. The average molecular weight is 350 g/mol. The fraction of sp³-hybridized carbons (Fsp3) is 0.235. The van der Waals surface area contributed by atoms with Crippen molar-refractivity contribution in [3.63, 3.8) is 0 Å². The summed E-state index contributed by atoms with van der Waals surface area (Å²) in [7, 11) is 0. The van der Waals surface area contributed by atoms with Crippen molar-refractivity contribution in [3.8, 4) is 0 Å². The van der Waals surface area contributed by atoms with E-state index in [1.165, 1.54) is 35.2 Å². The predicted octanol–water partition coefficient (Wildman–Crippen LogP) is 4.21. The molecule has 25 heavy (non-hydrogen) atoms. The van der Waals surface area contributed by atoms with Gasteiger partial charge in [0.2, 0.25) is 0 Å². The zero-order valence-corrected chi connectivity index (χ0v) is 12.9. The fourth-order valence-electron chi connectivity index (χ4n) is 2.94. The number of amides is 1. The molecule has 2 aromatic carbocycles. The molecule has 0 fully saturated rings. The van der Waals surface area contributed by atoms with Crippen LogP contribution in [0.5, 0.6) is 0 Å². The number of rotatable bonds is 2. The first kappa shape index (κ1) is 16.9. The van der Waals surface area contributed by atoms with Crippen LogP contribution >= 0.6 is 0 Å². The van der Waals surface area contributed by atoms with Crippen LogP contribution in [0, 0.1) is 10.1 Å². The van der Waals surface area contributed by atoms with Gasteiger partial charge in [0, 0.05) is 18.3 Å². The van der Waals surface area contributed by atoms with Gasteiger partial charge < -0.3 is 4.90 Å². The van der Waals surface area contributed by atoms with Gasteiger partial charge in [0.1, 0.15) is 5.56 Å². The molecule has 0 aromatic heterocycles. The van der Waals surface area contributed by atoms with E-state index in [1.54, 1.807) is 0 Å². The molecule has 1 amide bonds. The second-order valence-corrected chi connectivity index (χ2v) is 5.68. The lowest BCUT2D eigenvalue weighted by molar-refractivity contribution is -0.385. The maximum atomic E-state index is 12.9. The Morgan fingerprint density at radius 2 is 1.88 bits per heavy atom. The molecule has 0 aliphatic carbocycles. The lowest BCUT2D eigenvalue weighted by Gasteiger charge is -2.30. The Bertz CT molecular complexity index is 849. The van der Waals surface area contributed by atoms with Crippen LogP contribution in [0.2, 0.25) is 0 Å². The van der Waals surface area contributed by atoms with Gasteiger partial charge in [-0.2, -0.15) is 13.2 Å². The van der Waals surface area contributed by atoms with Crippen LogP contribution < -0.4 is 4.90 Å². The smallest absolute Gasteiger partial charge is 0.308 e. The van der Waals surface area contributed by atoms with Gasteiger partial charge in [0.05, 0.1) is 10.5 Å². The normalized spacial score (nSPS) is 14.1. The molecular formula is C17H13F3N2O3. The van der Waals surface area contributed by atoms with E-state index in [2.05, 4.69) is 0 Å². The highest BCUT2D eigenvalue weighted by molar-refractivity contribution is 6.09. The number of carbonyl (C=O) groups excluding carboxylic acids is 1. The first-order valence-corrected chi connectivity index (χ1v) is 7.54. The maximum Gasteiger partial charge on any atom is 0.416 e. The lowest BCUT2D eigenvalue weighted by atomic mass is 9.98.